The van der Waals surface area contributed by atoms with Gasteiger partial charge in [-0.25, -0.2) is 4.99 Å². The van der Waals surface area contributed by atoms with Crippen LogP contribution >= 0.6 is 35.7 Å². The molecule has 1 heterocycles. The highest BCUT2D eigenvalue weighted by atomic mass is 127. The van der Waals surface area contributed by atoms with E-state index in [-0.39, 0.29) is 24.0 Å². The average molecular weight is 421 g/mol. The first-order valence-corrected chi connectivity index (χ1v) is 8.04. The monoisotopic (exact) mass is 421 g/mol. The molecule has 4 nitrogen and oxygen atoms in total. The lowest BCUT2D eigenvalue weighted by atomic mass is 10.0. The zero-order valence-electron chi connectivity index (χ0n) is 12.6. The molecule has 0 spiro atoms. The van der Waals surface area contributed by atoms with Gasteiger partial charge in [0.05, 0.1) is 12.1 Å². The number of aliphatic hydroxyl groups is 1. The van der Waals surface area contributed by atoms with E-state index >= 15 is 0 Å². The molecule has 0 bridgehead atoms. The fourth-order valence-electron chi connectivity index (χ4n) is 2.08. The van der Waals surface area contributed by atoms with Gasteiger partial charge >= 0.3 is 0 Å². The van der Waals surface area contributed by atoms with Gasteiger partial charge < -0.3 is 15.3 Å². The van der Waals surface area contributed by atoms with Gasteiger partial charge in [-0.2, -0.15) is 11.8 Å². The Morgan fingerprint density at radius 2 is 2.10 bits per heavy atom. The van der Waals surface area contributed by atoms with Gasteiger partial charge in [-0.15, -0.1) is 24.0 Å². The van der Waals surface area contributed by atoms with E-state index in [0.29, 0.717) is 13.1 Å². The van der Waals surface area contributed by atoms with E-state index in [1.54, 1.807) is 0 Å². The summed E-state index contributed by atoms with van der Waals surface area (Å²) in [4.78, 5) is 6.55. The SMILES string of the molecule is CN(C)C(=NCc1ccccc1)NCC1(O)CCSC1.I. The van der Waals surface area contributed by atoms with Crippen molar-refractivity contribution in [2.24, 2.45) is 4.99 Å². The van der Waals surface area contributed by atoms with E-state index in [0.717, 1.165) is 23.9 Å². The maximum Gasteiger partial charge on any atom is 0.193 e. The maximum atomic E-state index is 10.4. The van der Waals surface area contributed by atoms with E-state index in [2.05, 4.69) is 22.4 Å². The van der Waals surface area contributed by atoms with Crippen LogP contribution in [0, 0.1) is 0 Å². The summed E-state index contributed by atoms with van der Waals surface area (Å²) in [5.41, 5.74) is 0.595. The second-order valence-corrected chi connectivity index (χ2v) is 6.51. The number of thioether (sulfide) groups is 1. The molecule has 0 aromatic heterocycles. The van der Waals surface area contributed by atoms with Crippen molar-refractivity contribution >= 4 is 41.7 Å². The van der Waals surface area contributed by atoms with Gasteiger partial charge in [0, 0.05) is 26.4 Å². The highest BCUT2D eigenvalue weighted by molar-refractivity contribution is 14.0. The third kappa shape index (κ3) is 6.04. The number of nitrogens with one attached hydrogen (secondary N) is 1. The summed E-state index contributed by atoms with van der Waals surface area (Å²) in [6.45, 7) is 1.21. The number of rotatable bonds is 4. The Morgan fingerprint density at radius 1 is 1.38 bits per heavy atom. The largest absolute Gasteiger partial charge is 0.387 e. The molecule has 6 heteroatoms. The molecule has 1 aromatic carbocycles. The molecule has 1 aliphatic heterocycles. The number of aliphatic imine (C=N–C) groups is 1. The molecule has 1 saturated heterocycles. The summed E-state index contributed by atoms with van der Waals surface area (Å²) in [6, 6.07) is 10.2. The first-order valence-electron chi connectivity index (χ1n) is 6.89. The Morgan fingerprint density at radius 3 is 2.67 bits per heavy atom. The van der Waals surface area contributed by atoms with Gasteiger partial charge in [0.2, 0.25) is 0 Å². The molecule has 0 saturated carbocycles. The van der Waals surface area contributed by atoms with Crippen LogP contribution in [0.25, 0.3) is 0 Å². The van der Waals surface area contributed by atoms with Gasteiger partial charge in [0.15, 0.2) is 5.96 Å². The van der Waals surface area contributed by atoms with Crippen LogP contribution in [0.3, 0.4) is 0 Å². The molecular formula is C15H24IN3OS. The van der Waals surface area contributed by atoms with Crippen LogP contribution in [0.5, 0.6) is 0 Å². The van der Waals surface area contributed by atoms with Gasteiger partial charge in [-0.05, 0) is 17.7 Å². The molecular weight excluding hydrogens is 397 g/mol. The van der Waals surface area contributed by atoms with E-state index in [9.17, 15) is 5.11 Å². The van der Waals surface area contributed by atoms with Crippen molar-refractivity contribution < 1.29 is 5.11 Å². The Kier molecular flexibility index (Phi) is 7.83. The maximum absolute atomic E-state index is 10.4. The summed E-state index contributed by atoms with van der Waals surface area (Å²) < 4.78 is 0. The lowest BCUT2D eigenvalue weighted by Gasteiger charge is -2.25. The predicted octanol–water partition coefficient (Wildman–Crippen LogP) is 2.18. The van der Waals surface area contributed by atoms with Gasteiger partial charge in [0.25, 0.3) is 0 Å². The minimum absolute atomic E-state index is 0. The molecule has 0 radical (unpaired) electrons. The van der Waals surface area contributed by atoms with Gasteiger partial charge in [0.1, 0.15) is 0 Å². The topological polar surface area (TPSA) is 47.9 Å². The third-order valence-electron chi connectivity index (χ3n) is 3.34. The number of hydrogen-bond donors (Lipinski definition) is 2. The summed E-state index contributed by atoms with van der Waals surface area (Å²) in [7, 11) is 3.93. The molecule has 1 aromatic rings. The van der Waals surface area contributed by atoms with Crippen molar-refractivity contribution in [2.75, 3.05) is 32.1 Å². The standard InChI is InChI=1S/C15H23N3OS.HI/c1-18(2)14(16-10-13-6-4-3-5-7-13)17-11-15(19)8-9-20-12-15;/h3-7,19H,8-12H2,1-2H3,(H,16,17);1H. The fourth-order valence-corrected chi connectivity index (χ4v) is 3.38. The zero-order chi connectivity index (χ0) is 14.4. The van der Waals surface area contributed by atoms with Crippen LogP contribution in [0.2, 0.25) is 0 Å². The Hall–Kier alpha value is -0.470. The first kappa shape index (κ1) is 18.6. The first-order chi connectivity index (χ1) is 9.59. The van der Waals surface area contributed by atoms with Crippen molar-refractivity contribution in [3.63, 3.8) is 0 Å². The predicted molar refractivity (Wildman–Crippen MR) is 102 cm³/mol. The second-order valence-electron chi connectivity index (χ2n) is 5.40. The molecule has 2 N–H and O–H groups in total. The van der Waals surface area contributed by atoms with Crippen LogP contribution in [-0.2, 0) is 6.54 Å². The summed E-state index contributed by atoms with van der Waals surface area (Å²) in [5, 5.41) is 13.6. The lowest BCUT2D eigenvalue weighted by molar-refractivity contribution is 0.0720. The minimum Gasteiger partial charge on any atom is -0.387 e. The molecule has 118 valence electrons. The van der Waals surface area contributed by atoms with Gasteiger partial charge in [-0.3, -0.25) is 0 Å². The van der Waals surface area contributed by atoms with E-state index in [4.69, 9.17) is 0 Å². The van der Waals surface area contributed by atoms with Crippen LogP contribution < -0.4 is 5.32 Å². The quantitative estimate of drug-likeness (QED) is 0.445. The van der Waals surface area contributed by atoms with Crippen molar-refractivity contribution in [2.45, 2.75) is 18.6 Å². The summed E-state index contributed by atoms with van der Waals surface area (Å²) >= 11 is 1.81. The van der Waals surface area contributed by atoms with Crippen molar-refractivity contribution in [1.29, 1.82) is 0 Å². The number of halogens is 1. The molecule has 0 aliphatic carbocycles. The van der Waals surface area contributed by atoms with E-state index in [1.807, 2.05) is 49.0 Å². The fraction of sp³-hybridized carbons (Fsp3) is 0.533. The zero-order valence-corrected chi connectivity index (χ0v) is 15.7. The Bertz CT molecular complexity index is 447. The van der Waals surface area contributed by atoms with Crippen molar-refractivity contribution in [3.05, 3.63) is 35.9 Å². The normalized spacial score (nSPS) is 21.8. The smallest absolute Gasteiger partial charge is 0.193 e. The molecule has 1 fully saturated rings. The lowest BCUT2D eigenvalue weighted by Crippen LogP contribution is -2.46. The molecule has 1 aliphatic rings. The number of nitrogens with zero attached hydrogens (tertiary/aromatic N) is 2. The molecule has 21 heavy (non-hydrogen) atoms. The number of hydrogen-bond acceptors (Lipinski definition) is 3. The summed E-state index contributed by atoms with van der Waals surface area (Å²) in [5.74, 6) is 2.66. The van der Waals surface area contributed by atoms with E-state index in [1.165, 1.54) is 5.56 Å². The highest BCUT2D eigenvalue weighted by Gasteiger charge is 2.31. The number of guanidine groups is 1. The van der Waals surface area contributed by atoms with Gasteiger partial charge in [-0.1, -0.05) is 30.3 Å². The second kappa shape index (κ2) is 8.85. The minimum atomic E-state index is -0.589. The molecule has 0 amide bonds. The van der Waals surface area contributed by atoms with Crippen LogP contribution in [0.1, 0.15) is 12.0 Å². The third-order valence-corrected chi connectivity index (χ3v) is 4.57. The molecule has 2 rings (SSSR count). The Labute approximate surface area is 148 Å². The molecule has 1 atom stereocenters. The van der Waals surface area contributed by atoms with Crippen LogP contribution in [-0.4, -0.2) is 53.7 Å². The van der Waals surface area contributed by atoms with Crippen molar-refractivity contribution in [3.8, 4) is 0 Å². The van der Waals surface area contributed by atoms with Crippen LogP contribution in [0.15, 0.2) is 35.3 Å². The van der Waals surface area contributed by atoms with E-state index < -0.39 is 5.60 Å². The molecule has 1 unspecified atom stereocenters. The van der Waals surface area contributed by atoms with Crippen molar-refractivity contribution in [1.82, 2.24) is 10.2 Å². The average Bonchev–Trinajstić information content (AvgIpc) is 2.86. The summed E-state index contributed by atoms with van der Waals surface area (Å²) in [6.07, 6.45) is 0.851. The Balaban J connectivity index is 0.00000220. The number of benzene rings is 1. The van der Waals surface area contributed by atoms with Crippen LogP contribution in [0.4, 0.5) is 0 Å². The highest BCUT2D eigenvalue weighted by Crippen LogP contribution is 2.26.